The second-order valence-electron chi connectivity index (χ2n) is 4.50. The first-order chi connectivity index (χ1) is 8.06. The quantitative estimate of drug-likeness (QED) is 0.443. The topological polar surface area (TPSA) is 69.4 Å². The van der Waals surface area contributed by atoms with E-state index >= 15 is 0 Å². The molecule has 0 aromatic carbocycles. The van der Waals surface area contributed by atoms with Gasteiger partial charge in [-0.3, -0.25) is 4.18 Å². The zero-order chi connectivity index (χ0) is 13.0. The predicted octanol–water partition coefficient (Wildman–Crippen LogP) is 2.48. The Morgan fingerprint density at radius 2 is 1.22 bits per heavy atom. The Bertz CT molecular complexity index is 258. The third-order valence-electron chi connectivity index (χ3n) is 2.75. The number of hydrogen-bond acceptors (Lipinski definition) is 3. The predicted molar refractivity (Wildman–Crippen MR) is 78.1 cm³/mol. The van der Waals surface area contributed by atoms with Crippen LogP contribution < -0.4 is 5.14 Å². The van der Waals surface area contributed by atoms with Crippen LogP contribution in [0.4, 0.5) is 0 Å². The second kappa shape index (κ2) is 14.3. The molecule has 0 radical (unpaired) electrons. The first kappa shape index (κ1) is 21.2. The van der Waals surface area contributed by atoms with Gasteiger partial charge in [0.15, 0.2) is 0 Å². The van der Waals surface area contributed by atoms with E-state index in [0.717, 1.165) is 19.3 Å². The van der Waals surface area contributed by atoms with Gasteiger partial charge in [-0.1, -0.05) is 64.7 Å². The Kier molecular flexibility index (Phi) is 16.8. The molecule has 6 heteroatoms. The number of hydrogen-bond donors (Lipinski definition) is 1. The molecule has 0 spiro atoms. The van der Waals surface area contributed by atoms with Crippen molar-refractivity contribution in [1.82, 2.24) is 0 Å². The summed E-state index contributed by atoms with van der Waals surface area (Å²) in [7, 11) is -3.73. The van der Waals surface area contributed by atoms with Gasteiger partial charge in [-0.15, -0.1) is 0 Å². The number of unbranched alkanes of at least 4 members (excludes halogenated alkanes) is 9. The van der Waals surface area contributed by atoms with E-state index in [9.17, 15) is 8.42 Å². The molecule has 18 heavy (non-hydrogen) atoms. The molecule has 0 fully saturated rings. The molecule has 0 rings (SSSR count). The summed E-state index contributed by atoms with van der Waals surface area (Å²) in [6.45, 7) is 2.44. The summed E-state index contributed by atoms with van der Waals surface area (Å²) < 4.78 is 25.3. The minimum atomic E-state index is -3.73. The Morgan fingerprint density at radius 3 is 1.61 bits per heavy atom. The molecule has 0 atom stereocenters. The summed E-state index contributed by atoms with van der Waals surface area (Å²) in [6, 6.07) is 0. The molecule has 4 nitrogen and oxygen atoms in total. The van der Waals surface area contributed by atoms with Gasteiger partial charge in [0, 0.05) is 0 Å². The van der Waals surface area contributed by atoms with Crippen LogP contribution in [0, 0.1) is 0 Å². The molecule has 0 aliphatic carbocycles. The van der Waals surface area contributed by atoms with Gasteiger partial charge in [0.1, 0.15) is 0 Å². The summed E-state index contributed by atoms with van der Waals surface area (Å²) >= 11 is 0. The molecule has 2 N–H and O–H groups in total. The third kappa shape index (κ3) is 19.2. The van der Waals surface area contributed by atoms with Crippen LogP contribution in [-0.2, 0) is 14.5 Å². The van der Waals surface area contributed by atoms with Crippen molar-refractivity contribution in [3.05, 3.63) is 0 Å². The van der Waals surface area contributed by atoms with Crippen molar-refractivity contribution in [2.24, 2.45) is 5.14 Å². The molecule has 0 aromatic heterocycles. The molecule has 0 heterocycles. The fraction of sp³-hybridized carbons (Fsp3) is 1.00. The number of rotatable bonds is 12. The molecule has 0 saturated heterocycles. The van der Waals surface area contributed by atoms with Crippen LogP contribution in [-0.4, -0.2) is 44.6 Å². The summed E-state index contributed by atoms with van der Waals surface area (Å²) in [5.41, 5.74) is 0. The Morgan fingerprint density at radius 1 is 0.833 bits per heavy atom. The van der Waals surface area contributed by atoms with E-state index < -0.39 is 10.3 Å². The first-order valence-electron chi connectivity index (χ1n) is 6.73. The van der Waals surface area contributed by atoms with E-state index in [1.54, 1.807) is 0 Å². The molecule has 0 aliphatic heterocycles. The normalized spacial score (nSPS) is 11.2. The van der Waals surface area contributed by atoms with E-state index in [-0.39, 0.29) is 36.2 Å². The van der Waals surface area contributed by atoms with E-state index in [1.807, 2.05) is 0 Å². The van der Waals surface area contributed by atoms with Gasteiger partial charge in [0.2, 0.25) is 0 Å². The van der Waals surface area contributed by atoms with E-state index in [0.29, 0.717) is 0 Å². The van der Waals surface area contributed by atoms with Crippen LogP contribution in [0.3, 0.4) is 0 Å². The average Bonchev–Trinajstić information content (AvgIpc) is 2.24. The van der Waals surface area contributed by atoms with Gasteiger partial charge in [-0.2, -0.15) is 8.42 Å². The molecule has 0 aliphatic rings. The van der Waals surface area contributed by atoms with Gasteiger partial charge in [-0.25, -0.2) is 5.14 Å². The zero-order valence-corrected chi connectivity index (χ0v) is 11.8. The van der Waals surface area contributed by atoms with Gasteiger partial charge in [0.05, 0.1) is 6.61 Å². The van der Waals surface area contributed by atoms with Crippen molar-refractivity contribution in [3.8, 4) is 0 Å². The van der Waals surface area contributed by atoms with Crippen LogP contribution in [0.2, 0.25) is 0 Å². The Hall–Kier alpha value is 0.870. The van der Waals surface area contributed by atoms with Crippen molar-refractivity contribution in [2.45, 2.75) is 71.1 Å². The fourth-order valence-electron chi connectivity index (χ4n) is 1.76. The van der Waals surface area contributed by atoms with Crippen molar-refractivity contribution >= 4 is 39.9 Å². The molecule has 0 aromatic rings. The molecule has 0 amide bonds. The van der Waals surface area contributed by atoms with Crippen LogP contribution in [0.25, 0.3) is 0 Å². The van der Waals surface area contributed by atoms with E-state index in [1.165, 1.54) is 44.9 Å². The monoisotopic (exact) mass is 289 g/mol. The number of nitrogens with two attached hydrogens (primary N) is 1. The molecule has 106 valence electrons. The molecule has 0 saturated carbocycles. The van der Waals surface area contributed by atoms with Crippen LogP contribution in [0.5, 0.6) is 0 Å². The van der Waals surface area contributed by atoms with Crippen molar-refractivity contribution in [3.63, 3.8) is 0 Å². The third-order valence-corrected chi connectivity index (χ3v) is 3.24. The first-order valence-corrected chi connectivity index (χ1v) is 8.20. The fourth-order valence-corrected chi connectivity index (χ4v) is 2.11. The molecular formula is C12H28NNaO3S. The van der Waals surface area contributed by atoms with Crippen molar-refractivity contribution in [2.75, 3.05) is 6.61 Å². The zero-order valence-electron chi connectivity index (χ0n) is 11.0. The minimum absolute atomic E-state index is 0. The van der Waals surface area contributed by atoms with Crippen LogP contribution in [0.15, 0.2) is 0 Å². The summed E-state index contributed by atoms with van der Waals surface area (Å²) in [6.07, 6.45) is 12.2. The average molecular weight is 289 g/mol. The second-order valence-corrected chi connectivity index (χ2v) is 5.72. The van der Waals surface area contributed by atoms with Gasteiger partial charge >= 0.3 is 39.9 Å². The molecular weight excluding hydrogens is 261 g/mol. The maximum absolute atomic E-state index is 10.4. The summed E-state index contributed by atoms with van der Waals surface area (Å²) in [5, 5.41) is 4.71. The van der Waals surface area contributed by atoms with Gasteiger partial charge in [-0.05, 0) is 6.42 Å². The molecule has 0 unspecified atom stereocenters. The SMILES string of the molecule is CCCCCCCCCCCCOS(N)(=O)=O.[NaH]. The Balaban J connectivity index is 0. The Labute approximate surface area is 135 Å². The van der Waals surface area contributed by atoms with E-state index in [4.69, 9.17) is 5.14 Å². The van der Waals surface area contributed by atoms with Crippen LogP contribution >= 0.6 is 0 Å². The van der Waals surface area contributed by atoms with Gasteiger partial charge < -0.3 is 0 Å². The van der Waals surface area contributed by atoms with Crippen LogP contribution in [0.1, 0.15) is 71.1 Å². The standard InChI is InChI=1S/C12H27NO3S.Na.H/c1-2-3-4-5-6-7-8-9-10-11-12-16-17(13,14)15;;/h2-12H2,1H3,(H2,13,14,15);;. The van der Waals surface area contributed by atoms with Crippen molar-refractivity contribution < 1.29 is 12.6 Å². The maximum atomic E-state index is 10.4. The molecule has 0 bridgehead atoms. The summed E-state index contributed by atoms with van der Waals surface area (Å²) in [4.78, 5) is 0. The van der Waals surface area contributed by atoms with E-state index in [2.05, 4.69) is 11.1 Å². The summed E-state index contributed by atoms with van der Waals surface area (Å²) in [5.74, 6) is 0. The van der Waals surface area contributed by atoms with Gasteiger partial charge in [0.25, 0.3) is 0 Å². The van der Waals surface area contributed by atoms with Crippen molar-refractivity contribution in [1.29, 1.82) is 0 Å².